The molecule has 0 radical (unpaired) electrons. The smallest absolute Gasteiger partial charge is 0.421 e. The summed E-state index contributed by atoms with van der Waals surface area (Å²) < 4.78 is 35.9. The van der Waals surface area contributed by atoms with Gasteiger partial charge in [-0.2, -0.15) is 0 Å². The van der Waals surface area contributed by atoms with E-state index in [4.69, 9.17) is 9.47 Å². The zero-order chi connectivity index (χ0) is 16.7. The Morgan fingerprint density at radius 1 is 1.00 bits per heavy atom. The highest BCUT2D eigenvalue weighted by Crippen LogP contribution is 2.10. The quantitative estimate of drug-likeness (QED) is 0.820. The van der Waals surface area contributed by atoms with Gasteiger partial charge < -0.3 is 9.47 Å². The fourth-order valence-electron chi connectivity index (χ4n) is 1.73. The second-order valence-electron chi connectivity index (χ2n) is 4.72. The van der Waals surface area contributed by atoms with Crippen LogP contribution in [0.2, 0.25) is 0 Å². The first kappa shape index (κ1) is 16.8. The lowest BCUT2D eigenvalue weighted by molar-refractivity contribution is 0.130. The average Bonchev–Trinajstić information content (AvgIpc) is 2.52. The summed E-state index contributed by atoms with van der Waals surface area (Å²) in [6, 6.07) is 15.2. The number of carbonyl (C=O) groups is 1. The van der Waals surface area contributed by atoms with Crippen molar-refractivity contribution in [3.8, 4) is 5.75 Å². The van der Waals surface area contributed by atoms with Crippen LogP contribution in [0, 0.1) is 6.92 Å². The van der Waals surface area contributed by atoms with Crippen molar-refractivity contribution < 1.29 is 22.7 Å². The van der Waals surface area contributed by atoms with Gasteiger partial charge >= 0.3 is 6.09 Å². The first-order valence-electron chi connectivity index (χ1n) is 6.91. The van der Waals surface area contributed by atoms with Crippen molar-refractivity contribution in [1.82, 2.24) is 4.72 Å². The highest BCUT2D eigenvalue weighted by atomic mass is 32.2. The van der Waals surface area contributed by atoms with Crippen molar-refractivity contribution in [2.45, 2.75) is 11.8 Å². The summed E-state index contributed by atoms with van der Waals surface area (Å²) in [5.41, 5.74) is 0.921. The molecule has 122 valence electrons. The van der Waals surface area contributed by atoms with E-state index in [0.717, 1.165) is 5.56 Å². The molecule has 0 unspecified atom stereocenters. The number of amides is 1. The first-order chi connectivity index (χ1) is 11.0. The number of carbonyl (C=O) groups excluding carboxylic acids is 1. The molecule has 0 aliphatic carbocycles. The predicted molar refractivity (Wildman–Crippen MR) is 84.8 cm³/mol. The van der Waals surface area contributed by atoms with Crippen LogP contribution in [0.25, 0.3) is 0 Å². The summed E-state index contributed by atoms with van der Waals surface area (Å²) in [5.74, 6) is 0.642. The number of ether oxygens (including phenoxy) is 2. The van der Waals surface area contributed by atoms with E-state index >= 15 is 0 Å². The molecule has 0 fully saturated rings. The number of hydrogen-bond acceptors (Lipinski definition) is 5. The van der Waals surface area contributed by atoms with Crippen LogP contribution >= 0.6 is 0 Å². The van der Waals surface area contributed by atoms with E-state index in [1.807, 2.05) is 29.8 Å². The van der Waals surface area contributed by atoms with Crippen molar-refractivity contribution in [3.05, 3.63) is 60.2 Å². The van der Waals surface area contributed by atoms with Crippen molar-refractivity contribution in [2.24, 2.45) is 0 Å². The minimum Gasteiger partial charge on any atom is -0.490 e. The fraction of sp³-hybridized carbons (Fsp3) is 0.188. The van der Waals surface area contributed by atoms with Gasteiger partial charge in [-0.15, -0.1) is 0 Å². The zero-order valence-electron chi connectivity index (χ0n) is 12.6. The van der Waals surface area contributed by atoms with Crippen LogP contribution in [-0.4, -0.2) is 27.7 Å². The van der Waals surface area contributed by atoms with Crippen LogP contribution in [0.1, 0.15) is 5.56 Å². The summed E-state index contributed by atoms with van der Waals surface area (Å²) in [5, 5.41) is 0. The third-order valence-corrected chi connectivity index (χ3v) is 4.21. The summed E-state index contributed by atoms with van der Waals surface area (Å²) in [6.07, 6.45) is -1.04. The molecule has 0 aliphatic rings. The van der Waals surface area contributed by atoms with Gasteiger partial charge in [-0.3, -0.25) is 0 Å². The molecule has 0 bridgehead atoms. The minimum atomic E-state index is -3.93. The van der Waals surface area contributed by atoms with E-state index in [1.54, 1.807) is 24.3 Å². The molecule has 1 amide bonds. The monoisotopic (exact) mass is 335 g/mol. The SMILES string of the molecule is Cc1ccc(S(=O)(=O)NC(=O)OCCOc2ccccc2)cc1. The lowest BCUT2D eigenvalue weighted by atomic mass is 10.2. The molecule has 7 heteroatoms. The topological polar surface area (TPSA) is 81.7 Å². The van der Waals surface area contributed by atoms with Crippen LogP contribution in [0.3, 0.4) is 0 Å². The maximum Gasteiger partial charge on any atom is 0.421 e. The van der Waals surface area contributed by atoms with Crippen molar-refractivity contribution >= 4 is 16.1 Å². The van der Waals surface area contributed by atoms with Crippen molar-refractivity contribution in [1.29, 1.82) is 0 Å². The van der Waals surface area contributed by atoms with E-state index in [0.29, 0.717) is 5.75 Å². The third kappa shape index (κ3) is 5.30. The summed E-state index contributed by atoms with van der Waals surface area (Å²) in [6.45, 7) is 1.90. The molecule has 0 atom stereocenters. The Balaban J connectivity index is 1.79. The molecule has 1 N–H and O–H groups in total. The molecule has 0 heterocycles. The summed E-state index contributed by atoms with van der Waals surface area (Å²) in [4.78, 5) is 11.5. The molecular formula is C16H17NO5S. The Labute approximate surface area is 135 Å². The van der Waals surface area contributed by atoms with Gasteiger partial charge in [-0.1, -0.05) is 35.9 Å². The van der Waals surface area contributed by atoms with Gasteiger partial charge in [-0.05, 0) is 31.2 Å². The normalized spacial score (nSPS) is 10.8. The number of para-hydroxylation sites is 1. The van der Waals surface area contributed by atoms with Gasteiger partial charge in [0.1, 0.15) is 19.0 Å². The van der Waals surface area contributed by atoms with Crippen LogP contribution in [0.4, 0.5) is 4.79 Å². The second-order valence-corrected chi connectivity index (χ2v) is 6.40. The predicted octanol–water partition coefficient (Wildman–Crippen LogP) is 2.49. The Bertz CT molecular complexity index is 742. The molecule has 0 aliphatic heterocycles. The second kappa shape index (κ2) is 7.64. The lowest BCUT2D eigenvalue weighted by Crippen LogP contribution is -2.32. The summed E-state index contributed by atoms with van der Waals surface area (Å²) >= 11 is 0. The number of benzene rings is 2. The maximum absolute atomic E-state index is 12.0. The van der Waals surface area contributed by atoms with Gasteiger partial charge in [0.05, 0.1) is 4.90 Å². The van der Waals surface area contributed by atoms with E-state index in [-0.39, 0.29) is 18.1 Å². The maximum atomic E-state index is 12.0. The largest absolute Gasteiger partial charge is 0.490 e. The fourth-order valence-corrected chi connectivity index (χ4v) is 2.62. The molecule has 0 aromatic heterocycles. The number of aryl methyl sites for hydroxylation is 1. The van der Waals surface area contributed by atoms with Crippen LogP contribution in [0.15, 0.2) is 59.5 Å². The molecule has 2 aromatic rings. The highest BCUT2D eigenvalue weighted by Gasteiger charge is 2.18. The molecule has 0 spiro atoms. The average molecular weight is 335 g/mol. The third-order valence-electron chi connectivity index (χ3n) is 2.88. The Hall–Kier alpha value is -2.54. The van der Waals surface area contributed by atoms with Gasteiger partial charge in [-0.25, -0.2) is 17.9 Å². The molecular weight excluding hydrogens is 318 g/mol. The van der Waals surface area contributed by atoms with Gasteiger partial charge in [0.25, 0.3) is 10.0 Å². The number of rotatable bonds is 6. The van der Waals surface area contributed by atoms with Gasteiger partial charge in [0.15, 0.2) is 0 Å². The van der Waals surface area contributed by atoms with Crippen molar-refractivity contribution in [3.63, 3.8) is 0 Å². The number of nitrogens with one attached hydrogen (secondary N) is 1. The molecule has 0 saturated carbocycles. The molecule has 0 saturated heterocycles. The first-order valence-corrected chi connectivity index (χ1v) is 8.40. The van der Waals surface area contributed by atoms with E-state index in [1.165, 1.54) is 12.1 Å². The van der Waals surface area contributed by atoms with Crippen molar-refractivity contribution in [2.75, 3.05) is 13.2 Å². The van der Waals surface area contributed by atoms with Gasteiger partial charge in [0.2, 0.25) is 0 Å². The zero-order valence-corrected chi connectivity index (χ0v) is 13.4. The van der Waals surface area contributed by atoms with E-state index in [9.17, 15) is 13.2 Å². The molecule has 2 aromatic carbocycles. The molecule has 2 rings (SSSR count). The standard InChI is InChI=1S/C16H17NO5S/c1-13-7-9-15(10-8-13)23(19,20)17-16(18)22-12-11-21-14-5-3-2-4-6-14/h2-10H,11-12H2,1H3,(H,17,18). The minimum absolute atomic E-state index is 0.000542. The van der Waals surface area contributed by atoms with Gasteiger partial charge in [0, 0.05) is 0 Å². The molecule has 6 nitrogen and oxygen atoms in total. The Morgan fingerprint density at radius 3 is 2.30 bits per heavy atom. The van der Waals surface area contributed by atoms with Crippen LogP contribution in [-0.2, 0) is 14.8 Å². The number of sulfonamides is 1. The van der Waals surface area contributed by atoms with E-state index < -0.39 is 16.1 Å². The highest BCUT2D eigenvalue weighted by molar-refractivity contribution is 7.90. The molecule has 23 heavy (non-hydrogen) atoms. The van der Waals surface area contributed by atoms with Crippen LogP contribution < -0.4 is 9.46 Å². The lowest BCUT2D eigenvalue weighted by Gasteiger charge is -2.09. The Morgan fingerprint density at radius 2 is 1.65 bits per heavy atom. The van der Waals surface area contributed by atoms with Crippen LogP contribution in [0.5, 0.6) is 5.75 Å². The summed E-state index contributed by atoms with van der Waals surface area (Å²) in [7, 11) is -3.93. The van der Waals surface area contributed by atoms with E-state index in [2.05, 4.69) is 0 Å². The number of hydrogen-bond donors (Lipinski definition) is 1. The Kier molecular flexibility index (Phi) is 5.59.